The fourth-order valence-corrected chi connectivity index (χ4v) is 4.62. The molecule has 1 aliphatic rings. The van der Waals surface area contributed by atoms with Crippen molar-refractivity contribution in [3.8, 4) is 0 Å². The lowest BCUT2D eigenvalue weighted by Gasteiger charge is -2.42. The lowest BCUT2D eigenvalue weighted by molar-refractivity contribution is -0.171. The highest BCUT2D eigenvalue weighted by atomic mass is 35.5. The molecule has 192 valence electrons. The zero-order valence-corrected chi connectivity index (χ0v) is 20.7. The van der Waals surface area contributed by atoms with E-state index in [1.54, 1.807) is 59.5 Å². The highest BCUT2D eigenvalue weighted by Gasteiger charge is 2.43. The van der Waals surface area contributed by atoms with Crippen molar-refractivity contribution in [1.82, 2.24) is 9.80 Å². The van der Waals surface area contributed by atoms with Gasteiger partial charge in [0.15, 0.2) is 6.10 Å². The summed E-state index contributed by atoms with van der Waals surface area (Å²) >= 11 is 6.15. The van der Waals surface area contributed by atoms with Gasteiger partial charge in [0.1, 0.15) is 19.0 Å². The van der Waals surface area contributed by atoms with E-state index in [1.807, 2.05) is 12.1 Å². The molecule has 7 nitrogen and oxygen atoms in total. The molecular weight excluding hydrogens is 499 g/mol. The Balaban J connectivity index is 1.64. The van der Waals surface area contributed by atoms with Crippen LogP contribution in [-0.2, 0) is 32.1 Å². The molecule has 2 atom stereocenters. The minimum atomic E-state index is -1.17. The van der Waals surface area contributed by atoms with Crippen LogP contribution in [0.1, 0.15) is 22.7 Å². The molecule has 1 N–H and O–H groups in total. The molecule has 0 aliphatic carbocycles. The van der Waals surface area contributed by atoms with Crippen LogP contribution in [0.3, 0.4) is 0 Å². The van der Waals surface area contributed by atoms with Crippen molar-refractivity contribution in [2.45, 2.75) is 25.1 Å². The zero-order chi connectivity index (χ0) is 26.4. The number of benzene rings is 3. The van der Waals surface area contributed by atoms with Crippen molar-refractivity contribution in [3.63, 3.8) is 0 Å². The lowest BCUT2D eigenvalue weighted by Crippen LogP contribution is -2.55. The Morgan fingerprint density at radius 3 is 2.43 bits per heavy atom. The molecule has 1 fully saturated rings. The zero-order valence-electron chi connectivity index (χ0n) is 19.9. The van der Waals surface area contributed by atoms with Crippen LogP contribution in [0.2, 0.25) is 5.02 Å². The molecular formula is C28H26ClFN2O5. The summed E-state index contributed by atoms with van der Waals surface area (Å²) < 4.78 is 19.1. The normalized spacial score (nSPS) is 17.5. The minimum Gasteiger partial charge on any atom is -0.480 e. The van der Waals surface area contributed by atoms with Gasteiger partial charge < -0.3 is 19.6 Å². The van der Waals surface area contributed by atoms with E-state index < -0.39 is 30.6 Å². The Kier molecular flexibility index (Phi) is 8.53. The summed E-state index contributed by atoms with van der Waals surface area (Å²) in [5.41, 5.74) is 2.23. The number of nitrogens with zero attached hydrogens (tertiary/aromatic N) is 2. The third-order valence-corrected chi connectivity index (χ3v) is 6.41. The van der Waals surface area contributed by atoms with Crippen LogP contribution in [0.4, 0.5) is 4.39 Å². The van der Waals surface area contributed by atoms with Gasteiger partial charge in [-0.05, 0) is 47.4 Å². The largest absolute Gasteiger partial charge is 0.480 e. The van der Waals surface area contributed by atoms with E-state index in [1.165, 1.54) is 17.0 Å². The summed E-state index contributed by atoms with van der Waals surface area (Å²) in [6.07, 6.45) is -0.792. The van der Waals surface area contributed by atoms with Gasteiger partial charge in [0, 0.05) is 18.1 Å². The second-order valence-electron chi connectivity index (χ2n) is 8.77. The molecule has 0 radical (unpaired) electrons. The number of morpholine rings is 1. The van der Waals surface area contributed by atoms with Gasteiger partial charge in [0.05, 0.1) is 6.04 Å². The van der Waals surface area contributed by atoms with Crippen LogP contribution in [0, 0.1) is 5.82 Å². The van der Waals surface area contributed by atoms with Crippen molar-refractivity contribution in [1.29, 1.82) is 0 Å². The summed E-state index contributed by atoms with van der Waals surface area (Å²) in [5.74, 6) is -2.39. The molecule has 3 aromatic rings. The summed E-state index contributed by atoms with van der Waals surface area (Å²) in [6, 6.07) is 21.2. The molecule has 37 heavy (non-hydrogen) atoms. The maximum Gasteiger partial charge on any atom is 0.323 e. The van der Waals surface area contributed by atoms with Gasteiger partial charge in [-0.2, -0.15) is 0 Å². The van der Waals surface area contributed by atoms with Gasteiger partial charge in [-0.1, -0.05) is 66.2 Å². The number of carbonyl (C=O) groups excluding carboxylic acids is 2. The van der Waals surface area contributed by atoms with Gasteiger partial charge >= 0.3 is 5.97 Å². The number of amides is 2. The Hall–Kier alpha value is -3.75. The maximum absolute atomic E-state index is 13.8. The second kappa shape index (κ2) is 12.0. The van der Waals surface area contributed by atoms with Crippen LogP contribution < -0.4 is 0 Å². The maximum atomic E-state index is 13.8. The Labute approximate surface area is 219 Å². The number of ether oxygens (including phenoxy) is 1. The molecule has 0 bridgehead atoms. The van der Waals surface area contributed by atoms with E-state index in [2.05, 4.69) is 0 Å². The molecule has 1 saturated heterocycles. The van der Waals surface area contributed by atoms with Crippen LogP contribution >= 0.6 is 11.6 Å². The number of aliphatic carboxylic acids is 1. The van der Waals surface area contributed by atoms with E-state index in [0.29, 0.717) is 17.0 Å². The van der Waals surface area contributed by atoms with Crippen molar-refractivity contribution in [2.75, 3.05) is 19.7 Å². The Bertz CT molecular complexity index is 1250. The predicted molar refractivity (Wildman–Crippen MR) is 135 cm³/mol. The highest BCUT2D eigenvalue weighted by Crippen LogP contribution is 2.33. The summed E-state index contributed by atoms with van der Waals surface area (Å²) in [5, 5.41) is 10.0. The standard InChI is InChI=1S/C28H26ClFN2O5/c29-22-8-4-5-20(15-22)16-32-24(33)18-37-27(26(32)21-6-2-1-3-7-21)28(36)31(17-25(34)35)14-13-19-9-11-23(30)12-10-19/h1-12,15,26-27H,13-14,16-18H2,(H,34,35)/t26-,27-/m1/s1. The van der Waals surface area contributed by atoms with E-state index in [4.69, 9.17) is 16.3 Å². The van der Waals surface area contributed by atoms with Crippen LogP contribution in [0.5, 0.6) is 0 Å². The first kappa shape index (κ1) is 26.3. The molecule has 2 amide bonds. The average Bonchev–Trinajstić information content (AvgIpc) is 2.88. The summed E-state index contributed by atoms with van der Waals surface area (Å²) in [7, 11) is 0. The Morgan fingerprint density at radius 1 is 1.03 bits per heavy atom. The minimum absolute atomic E-state index is 0.0837. The van der Waals surface area contributed by atoms with E-state index in [0.717, 1.165) is 11.1 Å². The van der Waals surface area contributed by atoms with Gasteiger partial charge in [0.2, 0.25) is 5.91 Å². The third-order valence-electron chi connectivity index (χ3n) is 6.18. The fourth-order valence-electron chi connectivity index (χ4n) is 4.41. The third kappa shape index (κ3) is 6.72. The fraction of sp³-hybridized carbons (Fsp3) is 0.250. The molecule has 1 heterocycles. The number of carboxylic acid groups (broad SMARTS) is 1. The van der Waals surface area contributed by atoms with Crippen molar-refractivity contribution in [2.24, 2.45) is 0 Å². The average molecular weight is 525 g/mol. The summed E-state index contributed by atoms with van der Waals surface area (Å²) in [6.45, 7) is -0.580. The van der Waals surface area contributed by atoms with Crippen molar-refractivity contribution >= 4 is 29.4 Å². The molecule has 0 saturated carbocycles. The van der Waals surface area contributed by atoms with E-state index in [-0.39, 0.29) is 31.4 Å². The first-order chi connectivity index (χ1) is 17.8. The lowest BCUT2D eigenvalue weighted by atomic mass is 9.95. The summed E-state index contributed by atoms with van der Waals surface area (Å²) in [4.78, 5) is 41.2. The number of carboxylic acids is 1. The van der Waals surface area contributed by atoms with Gasteiger partial charge in [-0.15, -0.1) is 0 Å². The van der Waals surface area contributed by atoms with Crippen molar-refractivity contribution in [3.05, 3.63) is 106 Å². The monoisotopic (exact) mass is 524 g/mol. The molecule has 0 unspecified atom stereocenters. The van der Waals surface area contributed by atoms with Crippen LogP contribution in [-0.4, -0.2) is 58.5 Å². The molecule has 0 spiro atoms. The number of halogens is 2. The SMILES string of the molecule is O=C(O)CN(CCc1ccc(F)cc1)C(=O)[C@@H]1OCC(=O)N(Cc2cccc(Cl)c2)[C@@H]1c1ccccc1. The number of hydrogen-bond acceptors (Lipinski definition) is 4. The van der Waals surface area contributed by atoms with Crippen molar-refractivity contribution < 1.29 is 28.6 Å². The molecule has 0 aromatic heterocycles. The highest BCUT2D eigenvalue weighted by molar-refractivity contribution is 6.30. The molecule has 1 aliphatic heterocycles. The predicted octanol–water partition coefficient (Wildman–Crippen LogP) is 4.10. The van der Waals surface area contributed by atoms with Gasteiger partial charge in [-0.3, -0.25) is 14.4 Å². The van der Waals surface area contributed by atoms with Gasteiger partial charge in [0.25, 0.3) is 5.91 Å². The Morgan fingerprint density at radius 2 is 1.76 bits per heavy atom. The first-order valence-electron chi connectivity index (χ1n) is 11.8. The smallest absolute Gasteiger partial charge is 0.323 e. The van der Waals surface area contributed by atoms with E-state index in [9.17, 15) is 23.9 Å². The van der Waals surface area contributed by atoms with Crippen LogP contribution in [0.25, 0.3) is 0 Å². The number of rotatable bonds is 9. The number of carbonyl (C=O) groups is 3. The molecule has 3 aromatic carbocycles. The van der Waals surface area contributed by atoms with Crippen LogP contribution in [0.15, 0.2) is 78.9 Å². The quantitative estimate of drug-likeness (QED) is 0.455. The topological polar surface area (TPSA) is 87.1 Å². The first-order valence-corrected chi connectivity index (χ1v) is 12.1. The number of hydrogen-bond donors (Lipinski definition) is 1. The molecule has 9 heteroatoms. The van der Waals surface area contributed by atoms with E-state index >= 15 is 0 Å². The van der Waals surface area contributed by atoms with Gasteiger partial charge in [-0.25, -0.2) is 4.39 Å². The second-order valence-corrected chi connectivity index (χ2v) is 9.21. The molecule has 4 rings (SSSR count).